The van der Waals surface area contributed by atoms with E-state index in [0.717, 1.165) is 37.8 Å². The van der Waals surface area contributed by atoms with Gasteiger partial charge in [-0.25, -0.2) is 8.42 Å². The maximum absolute atomic E-state index is 12.6. The van der Waals surface area contributed by atoms with Crippen LogP contribution in [0.15, 0.2) is 24.3 Å². The number of amides is 1. The van der Waals surface area contributed by atoms with E-state index < -0.39 is 16.1 Å². The number of nitrogens with zero attached hydrogens (tertiary/aromatic N) is 2. The molecule has 0 unspecified atom stereocenters. The minimum atomic E-state index is -3.56. The predicted octanol–water partition coefficient (Wildman–Crippen LogP) is 1.36. The van der Waals surface area contributed by atoms with Gasteiger partial charge in [0.25, 0.3) is 0 Å². The SMILES string of the molecule is Cc1ccc(N([C@H](C)C(=O)NC2CCN(C)CC2)S(C)(=O)=O)cc1. The highest BCUT2D eigenvalue weighted by atomic mass is 32.2. The average molecular weight is 353 g/mol. The van der Waals surface area contributed by atoms with Crippen LogP contribution in [0.3, 0.4) is 0 Å². The van der Waals surface area contributed by atoms with Crippen LogP contribution in [-0.2, 0) is 14.8 Å². The summed E-state index contributed by atoms with van der Waals surface area (Å²) in [5.74, 6) is -0.254. The molecular weight excluding hydrogens is 326 g/mol. The molecule has 1 aliphatic rings. The molecule has 1 amide bonds. The highest BCUT2D eigenvalue weighted by Crippen LogP contribution is 2.21. The fourth-order valence-corrected chi connectivity index (χ4v) is 4.15. The Bertz CT molecular complexity index is 665. The molecule has 24 heavy (non-hydrogen) atoms. The highest BCUT2D eigenvalue weighted by molar-refractivity contribution is 7.92. The molecule has 134 valence electrons. The summed E-state index contributed by atoms with van der Waals surface area (Å²) in [5, 5.41) is 3.00. The number of piperidine rings is 1. The van der Waals surface area contributed by atoms with Crippen LogP contribution >= 0.6 is 0 Å². The van der Waals surface area contributed by atoms with Crippen LogP contribution in [0, 0.1) is 6.92 Å². The Labute approximate surface area is 144 Å². The summed E-state index contributed by atoms with van der Waals surface area (Å²) in [4.78, 5) is 14.8. The quantitative estimate of drug-likeness (QED) is 0.868. The fourth-order valence-electron chi connectivity index (χ4n) is 2.98. The van der Waals surface area contributed by atoms with Crippen molar-refractivity contribution in [2.24, 2.45) is 0 Å². The number of nitrogens with one attached hydrogen (secondary N) is 1. The molecule has 6 nitrogen and oxygen atoms in total. The molecule has 0 bridgehead atoms. The Morgan fingerprint density at radius 1 is 1.25 bits per heavy atom. The predicted molar refractivity (Wildman–Crippen MR) is 96.6 cm³/mol. The number of aryl methyl sites for hydroxylation is 1. The van der Waals surface area contributed by atoms with E-state index in [1.165, 1.54) is 4.31 Å². The van der Waals surface area contributed by atoms with Gasteiger partial charge in [0.1, 0.15) is 6.04 Å². The maximum atomic E-state index is 12.6. The van der Waals surface area contributed by atoms with E-state index in [0.29, 0.717) is 5.69 Å². The first-order valence-corrected chi connectivity index (χ1v) is 10.1. The Morgan fingerprint density at radius 2 is 1.79 bits per heavy atom. The molecule has 1 saturated heterocycles. The summed E-state index contributed by atoms with van der Waals surface area (Å²) in [6.45, 7) is 5.44. The Kier molecular flexibility index (Phi) is 5.87. The van der Waals surface area contributed by atoms with Crippen LogP contribution in [0.4, 0.5) is 5.69 Å². The maximum Gasteiger partial charge on any atom is 0.243 e. The topological polar surface area (TPSA) is 69.7 Å². The first-order chi connectivity index (χ1) is 11.2. The highest BCUT2D eigenvalue weighted by Gasteiger charge is 2.30. The summed E-state index contributed by atoms with van der Waals surface area (Å²) in [5.41, 5.74) is 1.55. The minimum Gasteiger partial charge on any atom is -0.351 e. The molecule has 1 atom stereocenters. The second-order valence-corrected chi connectivity index (χ2v) is 8.52. The lowest BCUT2D eigenvalue weighted by Gasteiger charge is -2.33. The molecule has 0 aliphatic carbocycles. The molecule has 0 radical (unpaired) electrons. The van der Waals surface area contributed by atoms with E-state index in [1.54, 1.807) is 19.1 Å². The van der Waals surface area contributed by atoms with Crippen LogP contribution in [0.5, 0.6) is 0 Å². The van der Waals surface area contributed by atoms with Gasteiger partial charge >= 0.3 is 0 Å². The monoisotopic (exact) mass is 353 g/mol. The van der Waals surface area contributed by atoms with E-state index in [1.807, 2.05) is 19.1 Å². The number of hydrogen-bond donors (Lipinski definition) is 1. The molecule has 1 fully saturated rings. The first kappa shape index (κ1) is 18.7. The van der Waals surface area contributed by atoms with E-state index in [-0.39, 0.29) is 11.9 Å². The molecule has 0 spiro atoms. The molecular formula is C17H27N3O3S. The van der Waals surface area contributed by atoms with Crippen LogP contribution in [0.1, 0.15) is 25.3 Å². The molecule has 1 aromatic carbocycles. The van der Waals surface area contributed by atoms with Crippen molar-refractivity contribution in [1.29, 1.82) is 0 Å². The number of likely N-dealkylation sites (tertiary alicyclic amines) is 1. The van der Waals surface area contributed by atoms with Gasteiger partial charge in [-0.15, -0.1) is 0 Å². The summed E-state index contributed by atoms with van der Waals surface area (Å²) in [6, 6.07) is 6.47. The van der Waals surface area contributed by atoms with Gasteiger partial charge in [0.15, 0.2) is 0 Å². The van der Waals surface area contributed by atoms with Crippen molar-refractivity contribution in [2.45, 2.75) is 38.8 Å². The number of carbonyl (C=O) groups excluding carboxylic acids is 1. The van der Waals surface area contributed by atoms with E-state index in [9.17, 15) is 13.2 Å². The largest absolute Gasteiger partial charge is 0.351 e. The number of rotatable bonds is 5. The molecule has 1 aliphatic heterocycles. The molecule has 1 heterocycles. The molecule has 0 saturated carbocycles. The molecule has 1 N–H and O–H groups in total. The van der Waals surface area contributed by atoms with Crippen molar-refractivity contribution in [3.05, 3.63) is 29.8 Å². The molecule has 2 rings (SSSR count). The number of carbonyl (C=O) groups is 1. The molecule has 1 aromatic rings. The van der Waals surface area contributed by atoms with Crippen molar-refractivity contribution in [3.8, 4) is 0 Å². The van der Waals surface area contributed by atoms with Crippen molar-refractivity contribution in [3.63, 3.8) is 0 Å². The van der Waals surface area contributed by atoms with Crippen LogP contribution in [0.2, 0.25) is 0 Å². The van der Waals surface area contributed by atoms with Gasteiger partial charge in [-0.05, 0) is 59.0 Å². The lowest BCUT2D eigenvalue weighted by atomic mass is 10.1. The van der Waals surface area contributed by atoms with Crippen LogP contribution < -0.4 is 9.62 Å². The van der Waals surface area contributed by atoms with Gasteiger partial charge in [0, 0.05) is 6.04 Å². The second kappa shape index (κ2) is 7.53. The third-order valence-corrected chi connectivity index (χ3v) is 5.68. The fraction of sp³-hybridized carbons (Fsp3) is 0.588. The zero-order chi connectivity index (χ0) is 17.9. The minimum absolute atomic E-state index is 0.107. The summed E-state index contributed by atoms with van der Waals surface area (Å²) in [6.07, 6.45) is 2.91. The smallest absolute Gasteiger partial charge is 0.243 e. The lowest BCUT2D eigenvalue weighted by molar-refractivity contribution is -0.122. The Morgan fingerprint density at radius 3 is 2.29 bits per heavy atom. The summed E-state index contributed by atoms with van der Waals surface area (Å²) < 4.78 is 25.7. The number of anilines is 1. The van der Waals surface area contributed by atoms with Gasteiger partial charge < -0.3 is 10.2 Å². The lowest BCUT2D eigenvalue weighted by Crippen LogP contribution is -2.52. The second-order valence-electron chi connectivity index (χ2n) is 6.66. The van der Waals surface area contributed by atoms with Crippen LogP contribution in [-0.4, -0.2) is 57.7 Å². The first-order valence-electron chi connectivity index (χ1n) is 8.23. The van der Waals surface area contributed by atoms with E-state index >= 15 is 0 Å². The van der Waals surface area contributed by atoms with Gasteiger partial charge in [0.05, 0.1) is 11.9 Å². The summed E-state index contributed by atoms with van der Waals surface area (Å²) >= 11 is 0. The average Bonchev–Trinajstić information content (AvgIpc) is 2.50. The van der Waals surface area contributed by atoms with Crippen molar-refractivity contribution >= 4 is 21.6 Å². The number of sulfonamides is 1. The molecule has 7 heteroatoms. The standard InChI is InChI=1S/C17H27N3O3S/c1-13-5-7-16(8-6-13)20(24(4,22)23)14(2)17(21)18-15-9-11-19(3)12-10-15/h5-8,14-15H,9-12H2,1-4H3,(H,18,21)/t14-/m1/s1. The zero-order valence-corrected chi connectivity index (χ0v) is 15.6. The number of benzene rings is 1. The van der Waals surface area contributed by atoms with Gasteiger partial charge in [-0.3, -0.25) is 9.10 Å². The zero-order valence-electron chi connectivity index (χ0n) is 14.8. The van der Waals surface area contributed by atoms with Gasteiger partial charge in [-0.1, -0.05) is 17.7 Å². The molecule has 0 aromatic heterocycles. The third-order valence-electron chi connectivity index (χ3n) is 4.44. The Balaban J connectivity index is 2.14. The summed E-state index contributed by atoms with van der Waals surface area (Å²) in [7, 11) is -1.50. The van der Waals surface area contributed by atoms with Crippen LogP contribution in [0.25, 0.3) is 0 Å². The third kappa shape index (κ3) is 4.70. The van der Waals surface area contributed by atoms with E-state index in [4.69, 9.17) is 0 Å². The van der Waals surface area contributed by atoms with Gasteiger partial charge in [-0.2, -0.15) is 0 Å². The normalized spacial score (nSPS) is 18.2. The van der Waals surface area contributed by atoms with Crippen molar-refractivity contribution in [2.75, 3.05) is 30.7 Å². The van der Waals surface area contributed by atoms with Gasteiger partial charge in [0.2, 0.25) is 15.9 Å². The van der Waals surface area contributed by atoms with Crippen molar-refractivity contribution < 1.29 is 13.2 Å². The van der Waals surface area contributed by atoms with E-state index in [2.05, 4.69) is 17.3 Å². The Hall–Kier alpha value is -1.60. The number of hydrogen-bond acceptors (Lipinski definition) is 4. The van der Waals surface area contributed by atoms with Crippen molar-refractivity contribution in [1.82, 2.24) is 10.2 Å².